The van der Waals surface area contributed by atoms with Crippen LogP contribution in [0, 0.1) is 5.82 Å². The van der Waals surface area contributed by atoms with Crippen molar-refractivity contribution in [1.29, 1.82) is 0 Å². The van der Waals surface area contributed by atoms with E-state index in [1.165, 1.54) is 12.1 Å². The number of rotatable bonds is 9. The molecule has 8 nitrogen and oxygen atoms in total. The lowest BCUT2D eigenvalue weighted by atomic mass is 10.1. The highest BCUT2D eigenvalue weighted by atomic mass is 19.1. The molecule has 0 radical (unpaired) electrons. The average Bonchev–Trinajstić information content (AvgIpc) is 3.29. The quantitative estimate of drug-likeness (QED) is 0.355. The van der Waals surface area contributed by atoms with Crippen molar-refractivity contribution in [3.63, 3.8) is 0 Å². The summed E-state index contributed by atoms with van der Waals surface area (Å²) in [5.41, 5.74) is 9.92. The minimum Gasteiger partial charge on any atom is -0.369 e. The molecule has 34 heavy (non-hydrogen) atoms. The number of hydrogen-bond acceptors (Lipinski definition) is 6. The molecule has 0 aliphatic carbocycles. The maximum atomic E-state index is 13.5. The Morgan fingerprint density at radius 2 is 1.91 bits per heavy atom. The van der Waals surface area contributed by atoms with E-state index in [0.29, 0.717) is 36.6 Å². The van der Waals surface area contributed by atoms with Gasteiger partial charge in [-0.15, -0.1) is 0 Å². The number of carbonyl (C=O) groups excluding carboxylic acids is 1. The molecule has 9 heteroatoms. The van der Waals surface area contributed by atoms with Crippen LogP contribution in [-0.4, -0.2) is 32.2 Å². The SMILES string of the molecule is Cn1cc(-c2ccc(C(=O)NCc3cccc(CN)n3)c(NCCc3cccc(F)c3)n2)cn1. The first-order chi connectivity index (χ1) is 16.5. The van der Waals surface area contributed by atoms with Crippen molar-refractivity contribution >= 4 is 11.7 Å². The highest BCUT2D eigenvalue weighted by Crippen LogP contribution is 2.22. The third-order valence-corrected chi connectivity index (χ3v) is 5.24. The Labute approximate surface area is 197 Å². The number of hydrogen-bond donors (Lipinski definition) is 3. The summed E-state index contributed by atoms with van der Waals surface area (Å²) in [6, 6.07) is 15.5. The van der Waals surface area contributed by atoms with Crippen LogP contribution in [0.25, 0.3) is 11.3 Å². The Bertz CT molecular complexity index is 1290. The minimum atomic E-state index is -0.279. The Morgan fingerprint density at radius 3 is 2.68 bits per heavy atom. The molecule has 0 fully saturated rings. The van der Waals surface area contributed by atoms with Gasteiger partial charge in [0.25, 0.3) is 5.91 Å². The molecular formula is C25H26FN7O. The van der Waals surface area contributed by atoms with Gasteiger partial charge < -0.3 is 16.4 Å². The first-order valence-electron chi connectivity index (χ1n) is 10.9. The zero-order chi connectivity index (χ0) is 23.9. The van der Waals surface area contributed by atoms with E-state index in [1.54, 1.807) is 29.1 Å². The molecule has 0 spiro atoms. The molecule has 3 heterocycles. The van der Waals surface area contributed by atoms with Crippen LogP contribution in [0.4, 0.5) is 10.2 Å². The van der Waals surface area contributed by atoms with Crippen LogP contribution in [0.2, 0.25) is 0 Å². The lowest BCUT2D eigenvalue weighted by Crippen LogP contribution is -2.25. The molecule has 1 amide bonds. The predicted octanol–water partition coefficient (Wildman–Crippen LogP) is 3.06. The first kappa shape index (κ1) is 23.1. The van der Waals surface area contributed by atoms with E-state index in [4.69, 9.17) is 5.73 Å². The van der Waals surface area contributed by atoms with Gasteiger partial charge in [-0.05, 0) is 48.4 Å². The zero-order valence-electron chi connectivity index (χ0n) is 18.8. The second-order valence-corrected chi connectivity index (χ2v) is 7.81. The molecule has 0 unspecified atom stereocenters. The first-order valence-corrected chi connectivity index (χ1v) is 10.9. The summed E-state index contributed by atoms with van der Waals surface area (Å²) in [4.78, 5) is 22.1. The molecule has 1 aromatic carbocycles. The van der Waals surface area contributed by atoms with Gasteiger partial charge >= 0.3 is 0 Å². The Balaban J connectivity index is 1.52. The monoisotopic (exact) mass is 459 g/mol. The third kappa shape index (κ3) is 5.81. The fraction of sp³-hybridized carbons (Fsp3) is 0.200. The summed E-state index contributed by atoms with van der Waals surface area (Å²) >= 11 is 0. The number of halogens is 1. The normalized spacial score (nSPS) is 10.8. The summed E-state index contributed by atoms with van der Waals surface area (Å²) in [6.45, 7) is 1.08. The van der Waals surface area contributed by atoms with Gasteiger partial charge in [0.1, 0.15) is 11.6 Å². The third-order valence-electron chi connectivity index (χ3n) is 5.24. The van der Waals surface area contributed by atoms with Gasteiger partial charge in [-0.1, -0.05) is 18.2 Å². The second-order valence-electron chi connectivity index (χ2n) is 7.81. The highest BCUT2D eigenvalue weighted by molar-refractivity contribution is 5.99. The van der Waals surface area contributed by atoms with Crippen LogP contribution in [0.5, 0.6) is 0 Å². The van der Waals surface area contributed by atoms with Gasteiger partial charge in [0.2, 0.25) is 0 Å². The maximum absolute atomic E-state index is 13.5. The average molecular weight is 460 g/mol. The van der Waals surface area contributed by atoms with Crippen molar-refractivity contribution in [2.75, 3.05) is 11.9 Å². The number of carbonyl (C=O) groups is 1. The van der Waals surface area contributed by atoms with Crippen LogP contribution in [0.1, 0.15) is 27.3 Å². The van der Waals surface area contributed by atoms with Crippen LogP contribution in [-0.2, 0) is 26.6 Å². The standard InChI is InChI=1S/C25H26FN7O/c1-33-16-18(14-30-33)23-9-8-22(25(34)29-15-21-7-3-6-20(13-27)31-21)24(32-23)28-11-10-17-4-2-5-19(26)12-17/h2-9,12,14,16H,10-11,13,15,27H2,1H3,(H,28,32)(H,29,34). The number of nitrogens with two attached hydrogens (primary N) is 1. The summed E-state index contributed by atoms with van der Waals surface area (Å²) in [6.07, 6.45) is 4.15. The topological polar surface area (TPSA) is 111 Å². The van der Waals surface area contributed by atoms with Gasteiger partial charge in [-0.25, -0.2) is 9.37 Å². The lowest BCUT2D eigenvalue weighted by molar-refractivity contribution is 0.0951. The van der Waals surface area contributed by atoms with E-state index in [2.05, 4.69) is 25.7 Å². The van der Waals surface area contributed by atoms with Gasteiger partial charge in [0, 0.05) is 31.9 Å². The summed E-state index contributed by atoms with van der Waals surface area (Å²) < 4.78 is 15.2. The highest BCUT2D eigenvalue weighted by Gasteiger charge is 2.15. The minimum absolute atomic E-state index is 0.264. The van der Waals surface area contributed by atoms with E-state index in [-0.39, 0.29) is 18.3 Å². The van der Waals surface area contributed by atoms with E-state index >= 15 is 0 Å². The molecule has 4 rings (SSSR count). The molecule has 0 atom stereocenters. The fourth-order valence-corrected chi connectivity index (χ4v) is 3.52. The molecular weight excluding hydrogens is 433 g/mol. The number of pyridine rings is 2. The van der Waals surface area contributed by atoms with Gasteiger partial charge in [0.15, 0.2) is 0 Å². The molecule has 0 aliphatic rings. The van der Waals surface area contributed by atoms with Crippen LogP contribution < -0.4 is 16.4 Å². The van der Waals surface area contributed by atoms with E-state index < -0.39 is 0 Å². The number of anilines is 1. The van der Waals surface area contributed by atoms with Gasteiger partial charge in [-0.3, -0.25) is 14.5 Å². The Hall–Kier alpha value is -4.11. The van der Waals surface area contributed by atoms with Crippen LogP contribution in [0.3, 0.4) is 0 Å². The number of amides is 1. The summed E-state index contributed by atoms with van der Waals surface area (Å²) in [7, 11) is 1.83. The molecule has 0 saturated heterocycles. The van der Waals surface area contributed by atoms with Crippen molar-refractivity contribution in [3.05, 3.63) is 95.3 Å². The number of benzene rings is 1. The maximum Gasteiger partial charge on any atom is 0.255 e. The van der Waals surface area contributed by atoms with Crippen molar-refractivity contribution in [2.45, 2.75) is 19.5 Å². The molecule has 0 bridgehead atoms. The summed E-state index contributed by atoms with van der Waals surface area (Å²) in [5.74, 6) is -0.112. The lowest BCUT2D eigenvalue weighted by Gasteiger charge is -2.13. The van der Waals surface area contributed by atoms with Crippen LogP contribution in [0.15, 0.2) is 67.0 Å². The smallest absolute Gasteiger partial charge is 0.255 e. The zero-order valence-corrected chi connectivity index (χ0v) is 18.8. The number of nitrogens with one attached hydrogen (secondary N) is 2. The van der Waals surface area contributed by atoms with E-state index in [1.807, 2.05) is 37.5 Å². The van der Waals surface area contributed by atoms with Crippen molar-refractivity contribution < 1.29 is 9.18 Å². The molecule has 174 valence electrons. The molecule has 4 aromatic rings. The number of aromatic nitrogens is 4. The number of nitrogens with zero attached hydrogens (tertiary/aromatic N) is 4. The Morgan fingerprint density at radius 1 is 1.09 bits per heavy atom. The van der Waals surface area contributed by atoms with Crippen molar-refractivity contribution in [2.24, 2.45) is 12.8 Å². The Kier molecular flexibility index (Phi) is 7.24. The van der Waals surface area contributed by atoms with Crippen molar-refractivity contribution in [3.8, 4) is 11.3 Å². The van der Waals surface area contributed by atoms with Crippen LogP contribution >= 0.6 is 0 Å². The van der Waals surface area contributed by atoms with Gasteiger partial charge in [0.05, 0.1) is 35.4 Å². The fourth-order valence-electron chi connectivity index (χ4n) is 3.52. The predicted molar refractivity (Wildman–Crippen MR) is 128 cm³/mol. The molecule has 3 aromatic heterocycles. The summed E-state index contributed by atoms with van der Waals surface area (Å²) in [5, 5.41) is 10.3. The molecule has 0 saturated carbocycles. The largest absolute Gasteiger partial charge is 0.369 e. The van der Waals surface area contributed by atoms with Crippen molar-refractivity contribution in [1.82, 2.24) is 25.1 Å². The molecule has 0 aliphatic heterocycles. The van der Waals surface area contributed by atoms with E-state index in [9.17, 15) is 9.18 Å². The van der Waals surface area contributed by atoms with E-state index in [0.717, 1.165) is 22.5 Å². The van der Waals surface area contributed by atoms with Gasteiger partial charge in [-0.2, -0.15) is 5.10 Å². The second kappa shape index (κ2) is 10.7. The number of aryl methyl sites for hydroxylation is 1. The molecule has 4 N–H and O–H groups in total.